The highest BCUT2D eigenvalue weighted by Gasteiger charge is 2.31. The van der Waals surface area contributed by atoms with Gasteiger partial charge in [0.2, 0.25) is 5.91 Å². The predicted molar refractivity (Wildman–Crippen MR) is 157 cm³/mol. The molecular weight excluding hydrogens is 540 g/mol. The number of amides is 1. The van der Waals surface area contributed by atoms with E-state index in [4.69, 9.17) is 9.85 Å². The van der Waals surface area contributed by atoms with Crippen LogP contribution in [-0.2, 0) is 19.0 Å². The molecule has 1 aliphatic rings. The Morgan fingerprint density at radius 2 is 1.74 bits per heavy atom. The number of halogens is 2. The Labute approximate surface area is 243 Å². The molecule has 0 atom stereocenters. The predicted octanol–water partition coefficient (Wildman–Crippen LogP) is 4.84. The number of rotatable bonds is 4. The van der Waals surface area contributed by atoms with E-state index in [1.165, 1.54) is 24.3 Å². The molecule has 4 aromatic carbocycles. The van der Waals surface area contributed by atoms with Gasteiger partial charge in [-0.05, 0) is 90.4 Å². The van der Waals surface area contributed by atoms with Crippen molar-refractivity contribution in [3.63, 3.8) is 0 Å². The second-order valence-electron chi connectivity index (χ2n) is 11.0. The summed E-state index contributed by atoms with van der Waals surface area (Å²) in [7, 11) is 0. The lowest BCUT2D eigenvalue weighted by Crippen LogP contribution is -2.38. The van der Waals surface area contributed by atoms with Gasteiger partial charge in [0.1, 0.15) is 11.6 Å². The summed E-state index contributed by atoms with van der Waals surface area (Å²) in [6.45, 7) is 1.68. The van der Waals surface area contributed by atoms with E-state index in [1.807, 2.05) is 0 Å². The van der Waals surface area contributed by atoms with Crippen LogP contribution in [0.1, 0.15) is 50.6 Å². The standard InChI is InChI=1S/C33H27F2N3O4/c1-16-19(7-6-10-26(16)38-31(40)21-8-5-9-24(34)29(21)37(4)32(38)41)28-25(35)15-23(30(36)39)22-14-17-13-18(33(2,3)42)11-12-20(17)27(22)28/h5-13,15,42H,14H2,1-4H3,(H2,36,39)/i4D3. The van der Waals surface area contributed by atoms with E-state index in [-0.39, 0.29) is 44.3 Å². The second-order valence-corrected chi connectivity index (χ2v) is 11.0. The highest BCUT2D eigenvalue weighted by molar-refractivity contribution is 6.02. The quantitative estimate of drug-likeness (QED) is 0.316. The number of aliphatic hydroxyl groups is 1. The Morgan fingerprint density at radius 1 is 1.00 bits per heavy atom. The average Bonchev–Trinajstić information content (AvgIpc) is 3.32. The summed E-state index contributed by atoms with van der Waals surface area (Å²) < 4.78 is 55.8. The lowest BCUT2D eigenvalue weighted by atomic mass is 9.88. The number of para-hydroxylation sites is 1. The van der Waals surface area contributed by atoms with E-state index in [0.717, 1.165) is 17.7 Å². The van der Waals surface area contributed by atoms with Gasteiger partial charge in [0.15, 0.2) is 0 Å². The summed E-state index contributed by atoms with van der Waals surface area (Å²) >= 11 is 0. The van der Waals surface area contributed by atoms with Crippen molar-refractivity contribution in [3.8, 4) is 27.9 Å². The molecule has 1 aromatic heterocycles. The highest BCUT2D eigenvalue weighted by Crippen LogP contribution is 2.47. The van der Waals surface area contributed by atoms with Gasteiger partial charge >= 0.3 is 5.69 Å². The van der Waals surface area contributed by atoms with Crippen LogP contribution in [0.15, 0.2) is 70.3 Å². The smallest absolute Gasteiger partial charge is 0.335 e. The van der Waals surface area contributed by atoms with Gasteiger partial charge in [-0.2, -0.15) is 0 Å². The molecule has 0 radical (unpaired) electrons. The number of hydrogen-bond donors (Lipinski definition) is 2. The first-order chi connectivity index (χ1) is 21.0. The Morgan fingerprint density at radius 3 is 2.43 bits per heavy atom. The first kappa shape index (κ1) is 23.8. The number of benzene rings is 4. The SMILES string of the molecule is [2H]C([2H])([2H])n1c(=O)n(-c2cccc(-c3c(F)cc(C(N)=O)c4c3-c3ccc(C(C)(C)O)cc3C4)c2C)c(=O)c2cccc(F)c21. The third-order valence-electron chi connectivity index (χ3n) is 7.94. The third kappa shape index (κ3) is 3.92. The number of nitrogens with two attached hydrogens (primary N) is 1. The second kappa shape index (κ2) is 9.32. The van der Waals surface area contributed by atoms with Gasteiger partial charge in [-0.25, -0.2) is 18.1 Å². The van der Waals surface area contributed by atoms with Crippen molar-refractivity contribution in [1.29, 1.82) is 0 Å². The molecule has 0 fully saturated rings. The van der Waals surface area contributed by atoms with Gasteiger partial charge in [0, 0.05) is 22.2 Å². The summed E-state index contributed by atoms with van der Waals surface area (Å²) in [4.78, 5) is 39.8. The Kier molecular flexibility index (Phi) is 5.28. The number of nitrogens with zero attached hydrogens (tertiary/aromatic N) is 2. The molecule has 0 aliphatic heterocycles. The van der Waals surface area contributed by atoms with Gasteiger partial charge in [0.05, 0.1) is 22.2 Å². The summed E-state index contributed by atoms with van der Waals surface area (Å²) in [6, 6.07) is 14.2. The topological polar surface area (TPSA) is 107 Å². The summed E-state index contributed by atoms with van der Waals surface area (Å²) in [6.07, 6.45) is 0.234. The van der Waals surface area contributed by atoms with Crippen molar-refractivity contribution in [1.82, 2.24) is 9.13 Å². The first-order valence-corrected chi connectivity index (χ1v) is 13.1. The number of hydrogen-bond acceptors (Lipinski definition) is 4. The minimum Gasteiger partial charge on any atom is -0.386 e. The van der Waals surface area contributed by atoms with Crippen LogP contribution in [0.25, 0.3) is 38.8 Å². The number of carbonyl (C=O) groups excluding carboxylic acids is 1. The maximum absolute atomic E-state index is 16.2. The molecule has 0 saturated carbocycles. The van der Waals surface area contributed by atoms with E-state index in [9.17, 15) is 23.9 Å². The minimum absolute atomic E-state index is 0.00518. The lowest BCUT2D eigenvalue weighted by Gasteiger charge is -2.20. The number of primary amides is 1. The molecular formula is C33H27F2N3O4. The zero-order valence-corrected chi connectivity index (χ0v) is 22.9. The maximum atomic E-state index is 16.2. The van der Waals surface area contributed by atoms with E-state index < -0.39 is 46.9 Å². The van der Waals surface area contributed by atoms with Gasteiger partial charge in [-0.3, -0.25) is 14.2 Å². The van der Waals surface area contributed by atoms with Crippen molar-refractivity contribution < 1.29 is 22.8 Å². The molecule has 42 heavy (non-hydrogen) atoms. The van der Waals surface area contributed by atoms with Crippen molar-refractivity contribution >= 4 is 16.8 Å². The molecule has 0 unspecified atom stereocenters. The van der Waals surface area contributed by atoms with Gasteiger partial charge in [0.25, 0.3) is 5.56 Å². The molecule has 5 aromatic rings. The van der Waals surface area contributed by atoms with Crippen LogP contribution in [0.2, 0.25) is 0 Å². The third-order valence-corrected chi connectivity index (χ3v) is 7.94. The molecule has 0 saturated heterocycles. The molecule has 212 valence electrons. The molecule has 9 heteroatoms. The van der Waals surface area contributed by atoms with Crippen molar-refractivity contribution in [2.75, 3.05) is 0 Å². The molecule has 1 heterocycles. The van der Waals surface area contributed by atoms with Crippen LogP contribution in [0.3, 0.4) is 0 Å². The number of fused-ring (bicyclic) bond motifs is 4. The Balaban J connectivity index is 1.68. The number of aromatic nitrogens is 2. The van der Waals surface area contributed by atoms with E-state index in [1.54, 1.807) is 45.0 Å². The van der Waals surface area contributed by atoms with E-state index in [2.05, 4.69) is 0 Å². The van der Waals surface area contributed by atoms with Gasteiger partial charge in [-0.1, -0.05) is 36.4 Å². The average molecular weight is 571 g/mol. The van der Waals surface area contributed by atoms with Crippen molar-refractivity contribution in [2.24, 2.45) is 12.7 Å². The highest BCUT2D eigenvalue weighted by atomic mass is 19.1. The molecule has 6 rings (SSSR count). The molecule has 0 spiro atoms. The van der Waals surface area contributed by atoms with Gasteiger partial charge in [-0.15, -0.1) is 0 Å². The van der Waals surface area contributed by atoms with Crippen LogP contribution in [0.5, 0.6) is 0 Å². The zero-order chi connectivity index (χ0) is 32.7. The summed E-state index contributed by atoms with van der Waals surface area (Å²) in [5, 5.41) is 10.3. The molecule has 1 aliphatic carbocycles. The van der Waals surface area contributed by atoms with Crippen LogP contribution in [0, 0.1) is 18.6 Å². The van der Waals surface area contributed by atoms with Gasteiger partial charge < -0.3 is 10.8 Å². The summed E-state index contributed by atoms with van der Waals surface area (Å²) in [5.41, 5.74) is 5.01. The fraction of sp³-hybridized carbons (Fsp3) is 0.182. The Bertz CT molecular complexity index is 2230. The fourth-order valence-electron chi connectivity index (χ4n) is 5.88. The van der Waals surface area contributed by atoms with Crippen LogP contribution in [0.4, 0.5) is 8.78 Å². The van der Waals surface area contributed by atoms with E-state index >= 15 is 4.39 Å². The summed E-state index contributed by atoms with van der Waals surface area (Å²) in [5.74, 6) is -2.65. The molecule has 3 N–H and O–H groups in total. The van der Waals surface area contributed by atoms with Crippen LogP contribution in [-0.4, -0.2) is 20.1 Å². The zero-order valence-electron chi connectivity index (χ0n) is 25.9. The maximum Gasteiger partial charge on any atom is 0.335 e. The minimum atomic E-state index is -3.14. The lowest BCUT2D eigenvalue weighted by molar-refractivity contribution is 0.0785. The largest absolute Gasteiger partial charge is 0.386 e. The van der Waals surface area contributed by atoms with Crippen LogP contribution < -0.4 is 17.0 Å². The van der Waals surface area contributed by atoms with Crippen molar-refractivity contribution in [2.45, 2.75) is 32.8 Å². The number of aryl methyl sites for hydroxylation is 1. The number of carbonyl (C=O) groups is 1. The van der Waals surface area contributed by atoms with Crippen molar-refractivity contribution in [3.05, 3.63) is 121 Å². The molecule has 1 amide bonds. The Hall–Kier alpha value is -4.89. The van der Waals surface area contributed by atoms with Crippen LogP contribution >= 0.6 is 0 Å². The fourth-order valence-corrected chi connectivity index (χ4v) is 5.88. The monoisotopic (exact) mass is 570 g/mol. The van der Waals surface area contributed by atoms with E-state index in [0.29, 0.717) is 26.8 Å². The molecule has 7 nitrogen and oxygen atoms in total. The molecule has 0 bridgehead atoms. The normalized spacial score (nSPS) is 13.8. The first-order valence-electron chi connectivity index (χ1n) is 14.6.